The molecule has 1 aromatic carbocycles. The molecule has 2 aromatic rings. The molecule has 5 heteroatoms. The third-order valence-electron chi connectivity index (χ3n) is 6.28. The van der Waals surface area contributed by atoms with Gasteiger partial charge in [-0.25, -0.2) is 0 Å². The maximum Gasteiger partial charge on any atom is 0.253 e. The van der Waals surface area contributed by atoms with Gasteiger partial charge in [-0.2, -0.15) is 0 Å². The van der Waals surface area contributed by atoms with Gasteiger partial charge in [0.05, 0.1) is 0 Å². The van der Waals surface area contributed by atoms with Crippen LogP contribution in [-0.2, 0) is 0 Å². The Kier molecular flexibility index (Phi) is 7.48. The average molecular weight is 470 g/mol. The van der Waals surface area contributed by atoms with E-state index in [-0.39, 0.29) is 5.91 Å². The fourth-order valence-electron chi connectivity index (χ4n) is 4.13. The zero-order chi connectivity index (χ0) is 21.8. The molecular formula is C25H32BrN3O. The average Bonchev–Trinajstić information content (AvgIpc) is 2.75. The molecule has 1 aliphatic rings. The highest BCUT2D eigenvalue weighted by atomic mass is 79.9. The molecule has 1 atom stereocenters. The first-order valence-corrected chi connectivity index (χ1v) is 11.4. The second-order valence-corrected chi connectivity index (χ2v) is 9.34. The summed E-state index contributed by atoms with van der Waals surface area (Å²) in [6.45, 7) is 8.74. The number of aromatic nitrogens is 1. The van der Waals surface area contributed by atoms with Crippen molar-refractivity contribution in [2.24, 2.45) is 0 Å². The standard InChI is InChI=1S/C25H32BrN3O/c1-17(16-23-18(2)27-13-10-24(23)26)19(3)29-14-11-21(12-15-29)20-6-8-22(9-7-20)25(30)28(4)5/h6-10,13,16,19,21H,11-12,14-15H2,1-5H3/b17-16+. The van der Waals surface area contributed by atoms with E-state index < -0.39 is 0 Å². The normalized spacial score (nSPS) is 17.1. The van der Waals surface area contributed by atoms with Crippen molar-refractivity contribution in [1.82, 2.24) is 14.8 Å². The van der Waals surface area contributed by atoms with Crippen LogP contribution in [0.1, 0.15) is 59.8 Å². The lowest BCUT2D eigenvalue weighted by Gasteiger charge is -2.37. The zero-order valence-corrected chi connectivity index (χ0v) is 20.2. The molecule has 1 aromatic heterocycles. The summed E-state index contributed by atoms with van der Waals surface area (Å²) in [6.07, 6.45) is 6.40. The zero-order valence-electron chi connectivity index (χ0n) is 18.7. The Balaban J connectivity index is 1.62. The van der Waals surface area contributed by atoms with Crippen LogP contribution in [0.5, 0.6) is 0 Å². The molecule has 0 bridgehead atoms. The number of benzene rings is 1. The maximum atomic E-state index is 12.1. The quantitative estimate of drug-likeness (QED) is 0.577. The Bertz CT molecular complexity index is 892. The number of hydrogen-bond acceptors (Lipinski definition) is 3. The minimum Gasteiger partial charge on any atom is -0.345 e. The number of likely N-dealkylation sites (tertiary alicyclic amines) is 1. The number of rotatable bonds is 5. The SMILES string of the molecule is C/C(=C\c1c(Br)ccnc1C)C(C)N1CCC(c2ccc(C(=O)N(C)C)cc2)CC1. The Hall–Kier alpha value is -1.98. The lowest BCUT2D eigenvalue weighted by atomic mass is 9.88. The summed E-state index contributed by atoms with van der Waals surface area (Å²) in [4.78, 5) is 20.7. The van der Waals surface area contributed by atoms with Crippen LogP contribution in [0.25, 0.3) is 6.08 Å². The van der Waals surface area contributed by atoms with Crippen molar-refractivity contribution in [1.29, 1.82) is 0 Å². The highest BCUT2D eigenvalue weighted by Crippen LogP contribution is 2.31. The molecule has 1 aliphatic heterocycles. The van der Waals surface area contributed by atoms with E-state index in [0.717, 1.165) is 41.7 Å². The topological polar surface area (TPSA) is 36.4 Å². The molecule has 1 fully saturated rings. The van der Waals surface area contributed by atoms with Gasteiger partial charge in [0.2, 0.25) is 0 Å². The summed E-state index contributed by atoms with van der Waals surface area (Å²) < 4.78 is 1.09. The number of halogens is 1. The van der Waals surface area contributed by atoms with Gasteiger partial charge < -0.3 is 4.90 Å². The Morgan fingerprint density at radius 1 is 1.20 bits per heavy atom. The van der Waals surface area contributed by atoms with Gasteiger partial charge in [0, 0.05) is 47.6 Å². The fourth-order valence-corrected chi connectivity index (χ4v) is 4.65. The Morgan fingerprint density at radius 3 is 2.40 bits per heavy atom. The minimum atomic E-state index is 0.0583. The van der Waals surface area contributed by atoms with Gasteiger partial charge in [-0.1, -0.05) is 39.7 Å². The van der Waals surface area contributed by atoms with E-state index in [1.807, 2.05) is 24.4 Å². The predicted octanol–water partition coefficient (Wildman–Crippen LogP) is 5.53. The van der Waals surface area contributed by atoms with Crippen LogP contribution in [0, 0.1) is 6.92 Å². The van der Waals surface area contributed by atoms with Crippen LogP contribution >= 0.6 is 15.9 Å². The smallest absolute Gasteiger partial charge is 0.253 e. The van der Waals surface area contributed by atoms with E-state index in [0.29, 0.717) is 12.0 Å². The van der Waals surface area contributed by atoms with Crippen molar-refractivity contribution in [2.45, 2.75) is 45.6 Å². The van der Waals surface area contributed by atoms with E-state index in [2.05, 4.69) is 64.8 Å². The van der Waals surface area contributed by atoms with Gasteiger partial charge in [-0.15, -0.1) is 0 Å². The van der Waals surface area contributed by atoms with Crippen molar-refractivity contribution in [3.05, 3.63) is 69.0 Å². The summed E-state index contributed by atoms with van der Waals surface area (Å²) in [5.41, 5.74) is 5.68. The molecule has 0 saturated carbocycles. The molecule has 4 nitrogen and oxygen atoms in total. The second-order valence-electron chi connectivity index (χ2n) is 8.49. The van der Waals surface area contributed by atoms with Crippen LogP contribution < -0.4 is 0 Å². The van der Waals surface area contributed by atoms with Crippen molar-refractivity contribution in [2.75, 3.05) is 27.2 Å². The lowest BCUT2D eigenvalue weighted by molar-refractivity contribution is 0.0827. The molecule has 160 valence electrons. The molecule has 0 radical (unpaired) electrons. The molecule has 0 aliphatic carbocycles. The van der Waals surface area contributed by atoms with Crippen LogP contribution in [0.15, 0.2) is 46.6 Å². The molecule has 2 heterocycles. The van der Waals surface area contributed by atoms with Crippen LogP contribution in [-0.4, -0.2) is 53.9 Å². The van der Waals surface area contributed by atoms with Crippen molar-refractivity contribution in [3.63, 3.8) is 0 Å². The number of piperidine rings is 1. The van der Waals surface area contributed by atoms with Crippen molar-refractivity contribution < 1.29 is 4.79 Å². The van der Waals surface area contributed by atoms with Crippen molar-refractivity contribution in [3.8, 4) is 0 Å². The first-order chi connectivity index (χ1) is 14.3. The van der Waals surface area contributed by atoms with Crippen molar-refractivity contribution >= 4 is 27.9 Å². The van der Waals surface area contributed by atoms with E-state index in [9.17, 15) is 4.79 Å². The molecule has 30 heavy (non-hydrogen) atoms. The summed E-state index contributed by atoms with van der Waals surface area (Å²) in [5, 5.41) is 0. The van der Waals surface area contributed by atoms with Gasteiger partial charge in [0.1, 0.15) is 0 Å². The van der Waals surface area contributed by atoms with Crippen LogP contribution in [0.3, 0.4) is 0 Å². The highest BCUT2D eigenvalue weighted by Gasteiger charge is 2.24. The highest BCUT2D eigenvalue weighted by molar-refractivity contribution is 9.10. The molecular weight excluding hydrogens is 438 g/mol. The number of amides is 1. The fraction of sp³-hybridized carbons (Fsp3) is 0.440. The third kappa shape index (κ3) is 5.19. The number of nitrogens with zero attached hydrogens (tertiary/aromatic N) is 3. The minimum absolute atomic E-state index is 0.0583. The van der Waals surface area contributed by atoms with Crippen LogP contribution in [0.2, 0.25) is 0 Å². The molecule has 0 N–H and O–H groups in total. The third-order valence-corrected chi connectivity index (χ3v) is 6.97. The van der Waals surface area contributed by atoms with Gasteiger partial charge in [-0.3, -0.25) is 14.7 Å². The Labute approximate surface area is 189 Å². The monoisotopic (exact) mass is 469 g/mol. The van der Waals surface area contributed by atoms with E-state index in [4.69, 9.17) is 0 Å². The first kappa shape index (κ1) is 22.7. The molecule has 1 amide bonds. The number of pyridine rings is 1. The molecule has 1 unspecified atom stereocenters. The van der Waals surface area contributed by atoms with E-state index in [1.165, 1.54) is 16.7 Å². The summed E-state index contributed by atoms with van der Waals surface area (Å²) in [5.74, 6) is 0.624. The number of carbonyl (C=O) groups excluding carboxylic acids is 1. The van der Waals surface area contributed by atoms with Gasteiger partial charge in [-0.05, 0) is 76.4 Å². The Morgan fingerprint density at radius 2 is 1.83 bits per heavy atom. The van der Waals surface area contributed by atoms with Gasteiger partial charge >= 0.3 is 0 Å². The number of hydrogen-bond donors (Lipinski definition) is 0. The number of carbonyl (C=O) groups is 1. The van der Waals surface area contributed by atoms with Gasteiger partial charge in [0.15, 0.2) is 0 Å². The van der Waals surface area contributed by atoms with E-state index >= 15 is 0 Å². The molecule has 1 saturated heterocycles. The summed E-state index contributed by atoms with van der Waals surface area (Å²) in [6, 6.07) is 10.6. The molecule has 3 rings (SSSR count). The lowest BCUT2D eigenvalue weighted by Crippen LogP contribution is -2.40. The predicted molar refractivity (Wildman–Crippen MR) is 128 cm³/mol. The van der Waals surface area contributed by atoms with E-state index in [1.54, 1.807) is 19.0 Å². The summed E-state index contributed by atoms with van der Waals surface area (Å²) in [7, 11) is 3.58. The molecule has 0 spiro atoms. The second kappa shape index (κ2) is 9.88. The summed E-state index contributed by atoms with van der Waals surface area (Å²) >= 11 is 3.65. The number of aryl methyl sites for hydroxylation is 1. The largest absolute Gasteiger partial charge is 0.345 e. The van der Waals surface area contributed by atoms with Crippen LogP contribution in [0.4, 0.5) is 0 Å². The van der Waals surface area contributed by atoms with Gasteiger partial charge in [0.25, 0.3) is 5.91 Å². The maximum absolute atomic E-state index is 12.1. The first-order valence-electron chi connectivity index (χ1n) is 10.6.